The van der Waals surface area contributed by atoms with Gasteiger partial charge < -0.3 is 4.90 Å². The van der Waals surface area contributed by atoms with E-state index in [-0.39, 0.29) is 11.5 Å². The zero-order chi connectivity index (χ0) is 14.5. The van der Waals surface area contributed by atoms with Crippen LogP contribution in [-0.2, 0) is 11.3 Å². The van der Waals surface area contributed by atoms with Crippen LogP contribution in [0.3, 0.4) is 0 Å². The topological polar surface area (TPSA) is 55.2 Å². The van der Waals surface area contributed by atoms with E-state index in [9.17, 15) is 9.59 Å². The van der Waals surface area contributed by atoms with Crippen molar-refractivity contribution in [3.05, 3.63) is 64.6 Å². The Morgan fingerprint density at radius 2 is 1.95 bits per heavy atom. The maximum atomic E-state index is 12.3. The van der Waals surface area contributed by atoms with Crippen molar-refractivity contribution < 1.29 is 4.79 Å². The van der Waals surface area contributed by atoms with Gasteiger partial charge in [-0.2, -0.15) is 5.10 Å². The van der Waals surface area contributed by atoms with Gasteiger partial charge in [-0.1, -0.05) is 30.3 Å². The molecule has 2 aromatic rings. The molecule has 5 nitrogen and oxygen atoms in total. The lowest BCUT2D eigenvalue weighted by atomic mass is 10.2. The molecule has 0 aliphatic heterocycles. The van der Waals surface area contributed by atoms with Crippen molar-refractivity contribution in [2.24, 2.45) is 0 Å². The molecule has 1 unspecified atom stereocenters. The number of carbonyl (C=O) groups excluding carboxylic acids is 1. The smallest absolute Gasteiger partial charge is 0.267 e. The predicted octanol–water partition coefficient (Wildman–Crippen LogP) is 1.46. The van der Waals surface area contributed by atoms with E-state index in [1.165, 1.54) is 16.9 Å². The Bertz CT molecular complexity index is 637. The van der Waals surface area contributed by atoms with Crippen molar-refractivity contribution >= 4 is 5.91 Å². The van der Waals surface area contributed by atoms with Crippen LogP contribution < -0.4 is 5.56 Å². The monoisotopic (exact) mass is 271 g/mol. The van der Waals surface area contributed by atoms with E-state index in [0.29, 0.717) is 6.54 Å². The van der Waals surface area contributed by atoms with Gasteiger partial charge in [-0.25, -0.2) is 4.68 Å². The Balaban J connectivity index is 2.11. The van der Waals surface area contributed by atoms with Gasteiger partial charge >= 0.3 is 0 Å². The Morgan fingerprint density at radius 3 is 2.60 bits per heavy atom. The van der Waals surface area contributed by atoms with Crippen LogP contribution in [0, 0.1) is 0 Å². The van der Waals surface area contributed by atoms with Crippen LogP contribution in [0.1, 0.15) is 18.5 Å². The van der Waals surface area contributed by atoms with Gasteiger partial charge in [0, 0.05) is 25.9 Å². The molecule has 0 N–H and O–H groups in total. The van der Waals surface area contributed by atoms with E-state index in [2.05, 4.69) is 5.10 Å². The number of amides is 1. The maximum absolute atomic E-state index is 12.3. The normalized spacial score (nSPS) is 11.9. The minimum absolute atomic E-state index is 0.144. The summed E-state index contributed by atoms with van der Waals surface area (Å²) in [5.74, 6) is -0.144. The van der Waals surface area contributed by atoms with Gasteiger partial charge in [-0.15, -0.1) is 0 Å². The molecular weight excluding hydrogens is 254 g/mol. The second kappa shape index (κ2) is 6.14. The average molecular weight is 271 g/mol. The molecule has 0 saturated carbocycles. The minimum Gasteiger partial charge on any atom is -0.340 e. The molecule has 0 bridgehead atoms. The van der Waals surface area contributed by atoms with Crippen LogP contribution in [0.5, 0.6) is 0 Å². The minimum atomic E-state index is -0.614. The van der Waals surface area contributed by atoms with E-state index in [1.54, 1.807) is 24.9 Å². The first-order valence-corrected chi connectivity index (χ1v) is 6.42. The Morgan fingerprint density at radius 1 is 1.25 bits per heavy atom. The Labute approximate surface area is 117 Å². The number of aromatic nitrogens is 2. The molecule has 1 atom stereocenters. The zero-order valence-electron chi connectivity index (χ0n) is 11.6. The molecule has 0 spiro atoms. The van der Waals surface area contributed by atoms with Crippen LogP contribution in [0.4, 0.5) is 0 Å². The van der Waals surface area contributed by atoms with E-state index < -0.39 is 6.04 Å². The molecule has 0 aliphatic rings. The summed E-state index contributed by atoms with van der Waals surface area (Å²) in [7, 11) is 1.72. The third-order valence-corrected chi connectivity index (χ3v) is 3.10. The molecule has 2 rings (SSSR count). The van der Waals surface area contributed by atoms with Gasteiger partial charge in [0.05, 0.1) is 0 Å². The molecule has 0 saturated heterocycles. The summed E-state index contributed by atoms with van der Waals surface area (Å²) in [4.78, 5) is 25.6. The Kier molecular flexibility index (Phi) is 4.30. The van der Waals surface area contributed by atoms with Gasteiger partial charge in [0.1, 0.15) is 6.04 Å². The first-order valence-electron chi connectivity index (χ1n) is 6.42. The number of hydrogen-bond donors (Lipinski definition) is 0. The summed E-state index contributed by atoms with van der Waals surface area (Å²) in [6, 6.07) is 12.1. The molecule has 0 aliphatic carbocycles. The highest BCUT2D eigenvalue weighted by molar-refractivity contribution is 5.79. The first-order chi connectivity index (χ1) is 9.59. The molecule has 20 heavy (non-hydrogen) atoms. The number of hydrogen-bond acceptors (Lipinski definition) is 3. The van der Waals surface area contributed by atoms with Crippen molar-refractivity contribution in [3.63, 3.8) is 0 Å². The highest BCUT2D eigenvalue weighted by Gasteiger charge is 2.20. The van der Waals surface area contributed by atoms with Crippen LogP contribution in [0.15, 0.2) is 53.5 Å². The summed E-state index contributed by atoms with van der Waals surface area (Å²) >= 11 is 0. The first kappa shape index (κ1) is 14.0. The van der Waals surface area contributed by atoms with Crippen molar-refractivity contribution in [3.8, 4) is 0 Å². The van der Waals surface area contributed by atoms with Crippen molar-refractivity contribution in [1.82, 2.24) is 14.7 Å². The van der Waals surface area contributed by atoms with Crippen LogP contribution >= 0.6 is 0 Å². The van der Waals surface area contributed by atoms with Crippen LogP contribution in [0.25, 0.3) is 0 Å². The van der Waals surface area contributed by atoms with E-state index in [1.807, 2.05) is 30.3 Å². The second-order valence-electron chi connectivity index (χ2n) is 4.66. The lowest BCUT2D eigenvalue weighted by Gasteiger charge is -2.22. The fourth-order valence-corrected chi connectivity index (χ4v) is 2.02. The van der Waals surface area contributed by atoms with Crippen molar-refractivity contribution in [1.29, 1.82) is 0 Å². The molecule has 1 aromatic heterocycles. The summed E-state index contributed by atoms with van der Waals surface area (Å²) in [5, 5.41) is 3.95. The average Bonchev–Trinajstić information content (AvgIpc) is 2.47. The van der Waals surface area contributed by atoms with Crippen molar-refractivity contribution in [2.45, 2.75) is 19.5 Å². The molecule has 1 aromatic carbocycles. The summed E-state index contributed by atoms with van der Waals surface area (Å²) in [6.07, 6.45) is 1.50. The van der Waals surface area contributed by atoms with Gasteiger partial charge in [-0.3, -0.25) is 9.59 Å². The lowest BCUT2D eigenvalue weighted by molar-refractivity contribution is -0.133. The maximum Gasteiger partial charge on any atom is 0.267 e. The molecule has 1 heterocycles. The molecule has 0 fully saturated rings. The molecule has 5 heteroatoms. The summed E-state index contributed by atoms with van der Waals surface area (Å²) < 4.78 is 1.20. The quantitative estimate of drug-likeness (QED) is 0.846. The SMILES string of the molecule is CC(C(=O)N(C)Cc1ccccc1)n1ncccc1=O. The second-order valence-corrected chi connectivity index (χ2v) is 4.66. The Hall–Kier alpha value is -2.43. The number of carbonyl (C=O) groups is 1. The van der Waals surface area contributed by atoms with E-state index in [4.69, 9.17) is 0 Å². The van der Waals surface area contributed by atoms with E-state index >= 15 is 0 Å². The standard InChI is InChI=1S/C15H17N3O2/c1-12(18-14(19)9-6-10-16-18)15(20)17(2)11-13-7-4-3-5-8-13/h3-10,12H,11H2,1-2H3. The third kappa shape index (κ3) is 3.12. The number of likely N-dealkylation sites (N-methyl/N-ethyl adjacent to an activating group) is 1. The molecule has 0 radical (unpaired) electrons. The fourth-order valence-electron chi connectivity index (χ4n) is 2.02. The fraction of sp³-hybridized carbons (Fsp3) is 0.267. The number of benzene rings is 1. The van der Waals surface area contributed by atoms with E-state index in [0.717, 1.165) is 5.56 Å². The molecule has 1 amide bonds. The summed E-state index contributed by atoms with van der Waals surface area (Å²) in [5.41, 5.74) is 0.769. The van der Waals surface area contributed by atoms with Crippen molar-refractivity contribution in [2.75, 3.05) is 7.05 Å². The third-order valence-electron chi connectivity index (χ3n) is 3.10. The highest BCUT2D eigenvalue weighted by atomic mass is 16.2. The number of rotatable bonds is 4. The number of nitrogens with zero attached hydrogens (tertiary/aromatic N) is 3. The van der Waals surface area contributed by atoms with Crippen LogP contribution in [0.2, 0.25) is 0 Å². The lowest BCUT2D eigenvalue weighted by Crippen LogP contribution is -2.37. The molecule has 104 valence electrons. The zero-order valence-corrected chi connectivity index (χ0v) is 11.6. The molecular formula is C15H17N3O2. The highest BCUT2D eigenvalue weighted by Crippen LogP contribution is 2.09. The van der Waals surface area contributed by atoms with Gasteiger partial charge in [0.2, 0.25) is 5.91 Å². The predicted molar refractivity (Wildman–Crippen MR) is 76.1 cm³/mol. The summed E-state index contributed by atoms with van der Waals surface area (Å²) in [6.45, 7) is 2.18. The van der Waals surface area contributed by atoms with Crippen LogP contribution in [-0.4, -0.2) is 27.6 Å². The van der Waals surface area contributed by atoms with Gasteiger partial charge in [-0.05, 0) is 18.6 Å². The van der Waals surface area contributed by atoms with Gasteiger partial charge in [0.15, 0.2) is 0 Å². The van der Waals surface area contributed by atoms with Gasteiger partial charge in [0.25, 0.3) is 5.56 Å². The largest absolute Gasteiger partial charge is 0.340 e.